The van der Waals surface area contributed by atoms with Crippen LogP contribution in [-0.2, 0) is 4.79 Å². The van der Waals surface area contributed by atoms with Crippen molar-refractivity contribution >= 4 is 56.1 Å². The van der Waals surface area contributed by atoms with E-state index in [0.717, 1.165) is 27.0 Å². The zero-order valence-electron chi connectivity index (χ0n) is 16.5. The molecule has 0 unspecified atom stereocenters. The number of hydrogen-bond acceptors (Lipinski definition) is 3. The molecule has 0 spiro atoms. The normalized spacial score (nSPS) is 10.9. The molecule has 2 N–H and O–H groups in total. The summed E-state index contributed by atoms with van der Waals surface area (Å²) >= 11 is 11.1. The summed E-state index contributed by atoms with van der Waals surface area (Å²) in [7, 11) is 0. The van der Waals surface area contributed by atoms with Crippen LogP contribution in [0.1, 0.15) is 0 Å². The Bertz CT molecular complexity index is 1180. The van der Waals surface area contributed by atoms with Crippen molar-refractivity contribution in [2.45, 2.75) is 4.90 Å². The van der Waals surface area contributed by atoms with Gasteiger partial charge in [-0.1, -0.05) is 57.9 Å². The molecule has 0 atom stereocenters. The fraction of sp³-hybridized carbons (Fsp3) is 0.125. The molecule has 0 saturated heterocycles. The number of H-pyrrole nitrogens is 1. The number of fused-ring (bicyclic) bond motifs is 1. The number of aromatic nitrogens is 1. The Morgan fingerprint density at radius 2 is 1.77 bits per heavy atom. The smallest absolute Gasteiger partial charge is 0.257 e. The fourth-order valence-corrected chi connectivity index (χ4v) is 4.61. The zero-order valence-corrected chi connectivity index (χ0v) is 19.7. The highest BCUT2D eigenvalue weighted by atomic mass is 79.9. The predicted octanol–water partition coefficient (Wildman–Crippen LogP) is 6.54. The van der Waals surface area contributed by atoms with Gasteiger partial charge >= 0.3 is 0 Å². The van der Waals surface area contributed by atoms with Crippen LogP contribution in [0.2, 0.25) is 5.02 Å². The number of aromatic amines is 1. The fourth-order valence-electron chi connectivity index (χ4n) is 3.16. The molecule has 4 nitrogen and oxygen atoms in total. The molecular weight excluding hydrogens is 496 g/mol. The summed E-state index contributed by atoms with van der Waals surface area (Å²) in [4.78, 5) is 16.8. The first-order valence-corrected chi connectivity index (χ1v) is 11.9. The number of nitrogens with one attached hydrogen (secondary N) is 2. The Morgan fingerprint density at radius 3 is 2.55 bits per heavy atom. The highest BCUT2D eigenvalue weighted by Gasteiger charge is 2.13. The van der Waals surface area contributed by atoms with Gasteiger partial charge in [0.1, 0.15) is 5.75 Å². The first kappa shape index (κ1) is 21.8. The van der Waals surface area contributed by atoms with Gasteiger partial charge in [0.2, 0.25) is 0 Å². The molecule has 0 saturated carbocycles. The molecule has 158 valence electrons. The van der Waals surface area contributed by atoms with Crippen molar-refractivity contribution in [2.24, 2.45) is 0 Å². The van der Waals surface area contributed by atoms with Gasteiger partial charge in [0.25, 0.3) is 5.91 Å². The molecule has 0 aliphatic heterocycles. The molecule has 0 fully saturated rings. The molecule has 0 radical (unpaired) electrons. The third-order valence-corrected chi connectivity index (χ3v) is 6.55. The van der Waals surface area contributed by atoms with Crippen LogP contribution in [-0.4, -0.2) is 29.8 Å². The van der Waals surface area contributed by atoms with E-state index in [4.69, 9.17) is 16.3 Å². The molecule has 3 aromatic carbocycles. The lowest BCUT2D eigenvalue weighted by atomic mass is 10.1. The number of ether oxygens (including phenoxy) is 1. The molecule has 1 aromatic heterocycles. The van der Waals surface area contributed by atoms with Gasteiger partial charge in [-0.3, -0.25) is 4.79 Å². The summed E-state index contributed by atoms with van der Waals surface area (Å²) < 4.78 is 6.53. The van der Waals surface area contributed by atoms with Crippen molar-refractivity contribution in [3.63, 3.8) is 0 Å². The first-order chi connectivity index (χ1) is 15.1. The average molecular weight is 516 g/mol. The molecule has 0 aliphatic rings. The number of hydrogen-bond donors (Lipinski definition) is 2. The summed E-state index contributed by atoms with van der Waals surface area (Å²) in [6.45, 7) is 0.524. The number of benzene rings is 3. The second kappa shape index (κ2) is 10.3. The van der Waals surface area contributed by atoms with Crippen LogP contribution in [0.3, 0.4) is 0 Å². The molecule has 1 amide bonds. The third-order valence-electron chi connectivity index (χ3n) is 4.65. The van der Waals surface area contributed by atoms with Crippen molar-refractivity contribution in [3.8, 4) is 17.0 Å². The summed E-state index contributed by atoms with van der Waals surface area (Å²) in [6, 6.07) is 23.5. The van der Waals surface area contributed by atoms with Gasteiger partial charge in [0.15, 0.2) is 6.61 Å². The van der Waals surface area contributed by atoms with Crippen molar-refractivity contribution in [1.82, 2.24) is 10.3 Å². The van der Waals surface area contributed by atoms with Crippen LogP contribution in [0.15, 0.2) is 82.2 Å². The lowest BCUT2D eigenvalue weighted by Gasteiger charge is -2.08. The topological polar surface area (TPSA) is 54.1 Å². The number of rotatable bonds is 8. The van der Waals surface area contributed by atoms with E-state index in [2.05, 4.69) is 50.5 Å². The number of thioether (sulfide) groups is 1. The van der Waals surface area contributed by atoms with E-state index in [0.29, 0.717) is 17.3 Å². The van der Waals surface area contributed by atoms with Crippen molar-refractivity contribution in [3.05, 3.63) is 82.3 Å². The Balaban J connectivity index is 1.36. The third kappa shape index (κ3) is 5.64. The van der Waals surface area contributed by atoms with Crippen LogP contribution in [0.5, 0.6) is 5.75 Å². The second-order valence-electron chi connectivity index (χ2n) is 6.82. The van der Waals surface area contributed by atoms with Gasteiger partial charge in [-0.25, -0.2) is 0 Å². The van der Waals surface area contributed by atoms with E-state index in [9.17, 15) is 4.79 Å². The minimum atomic E-state index is -0.150. The van der Waals surface area contributed by atoms with Gasteiger partial charge in [0, 0.05) is 37.6 Å². The van der Waals surface area contributed by atoms with Crippen LogP contribution >= 0.6 is 39.3 Å². The number of carbonyl (C=O) groups is 1. The number of carbonyl (C=O) groups excluding carboxylic acids is 1. The first-order valence-electron chi connectivity index (χ1n) is 9.74. The second-order valence-corrected chi connectivity index (χ2v) is 9.28. The van der Waals surface area contributed by atoms with Crippen LogP contribution < -0.4 is 10.1 Å². The average Bonchev–Trinajstić information content (AvgIpc) is 3.15. The maximum absolute atomic E-state index is 12.1. The van der Waals surface area contributed by atoms with Crippen LogP contribution in [0, 0.1) is 0 Å². The Labute approximate surface area is 198 Å². The maximum Gasteiger partial charge on any atom is 0.257 e. The largest absolute Gasteiger partial charge is 0.484 e. The van der Waals surface area contributed by atoms with Crippen molar-refractivity contribution < 1.29 is 9.53 Å². The molecule has 4 aromatic rings. The van der Waals surface area contributed by atoms with Crippen molar-refractivity contribution in [2.75, 3.05) is 18.9 Å². The van der Waals surface area contributed by atoms with E-state index in [1.54, 1.807) is 36.0 Å². The van der Waals surface area contributed by atoms with E-state index < -0.39 is 0 Å². The molecule has 0 aliphatic carbocycles. The summed E-state index contributed by atoms with van der Waals surface area (Å²) in [5.41, 5.74) is 3.32. The standard InChI is InChI=1S/C24H20BrClN2O2S/c25-17-7-5-16(6-8-17)23-24(20-3-1-2-4-21(20)28-23)31-14-13-27-22(29)15-30-19-11-9-18(26)10-12-19/h1-12,28H,13-15H2,(H,27,29). The molecule has 0 bridgehead atoms. The monoisotopic (exact) mass is 514 g/mol. The van der Waals surface area contributed by atoms with Gasteiger partial charge in [-0.2, -0.15) is 0 Å². The van der Waals surface area contributed by atoms with E-state index in [-0.39, 0.29) is 12.5 Å². The van der Waals surface area contributed by atoms with Gasteiger partial charge in [-0.15, -0.1) is 11.8 Å². The van der Waals surface area contributed by atoms with E-state index >= 15 is 0 Å². The van der Waals surface area contributed by atoms with E-state index in [1.807, 2.05) is 24.3 Å². The van der Waals surface area contributed by atoms with Crippen LogP contribution in [0.4, 0.5) is 0 Å². The van der Waals surface area contributed by atoms with Gasteiger partial charge in [-0.05, 0) is 48.0 Å². The van der Waals surface area contributed by atoms with E-state index in [1.165, 1.54) is 10.3 Å². The molecule has 31 heavy (non-hydrogen) atoms. The highest BCUT2D eigenvalue weighted by Crippen LogP contribution is 2.37. The lowest BCUT2D eigenvalue weighted by Crippen LogP contribution is -2.30. The Kier molecular flexibility index (Phi) is 7.22. The minimum Gasteiger partial charge on any atom is -0.484 e. The number of halogens is 2. The molecule has 1 heterocycles. The van der Waals surface area contributed by atoms with Crippen molar-refractivity contribution in [1.29, 1.82) is 0 Å². The Morgan fingerprint density at radius 1 is 1.03 bits per heavy atom. The number of amides is 1. The minimum absolute atomic E-state index is 0.0243. The molecule has 4 rings (SSSR count). The van der Waals surface area contributed by atoms with Gasteiger partial charge in [0.05, 0.1) is 5.69 Å². The zero-order chi connectivity index (χ0) is 21.6. The quantitative estimate of drug-likeness (QED) is 0.207. The summed E-state index contributed by atoms with van der Waals surface area (Å²) in [5.74, 6) is 1.22. The molecular formula is C24H20BrClN2O2S. The predicted molar refractivity (Wildman–Crippen MR) is 132 cm³/mol. The SMILES string of the molecule is O=C(COc1ccc(Cl)cc1)NCCSc1c(-c2ccc(Br)cc2)[nH]c2ccccc12. The Hall–Kier alpha value is -2.41. The summed E-state index contributed by atoms with van der Waals surface area (Å²) in [5, 5.41) is 4.73. The maximum atomic E-state index is 12.1. The molecule has 7 heteroatoms. The highest BCUT2D eigenvalue weighted by molar-refractivity contribution is 9.10. The number of para-hydroxylation sites is 1. The lowest BCUT2D eigenvalue weighted by molar-refractivity contribution is -0.122. The summed E-state index contributed by atoms with van der Waals surface area (Å²) in [6.07, 6.45) is 0. The van der Waals surface area contributed by atoms with Gasteiger partial charge < -0.3 is 15.0 Å². The van der Waals surface area contributed by atoms with Crippen LogP contribution in [0.25, 0.3) is 22.2 Å².